The number of benzene rings is 1. The Hall–Kier alpha value is -3.26. The molecule has 0 saturated carbocycles. The van der Waals surface area contributed by atoms with Crippen LogP contribution in [0, 0.1) is 0 Å². The molecule has 1 unspecified atom stereocenters. The third-order valence-corrected chi connectivity index (χ3v) is 4.61. The van der Waals surface area contributed by atoms with Crippen molar-refractivity contribution in [2.24, 2.45) is 0 Å². The molecule has 0 saturated heterocycles. The van der Waals surface area contributed by atoms with Gasteiger partial charge in [-0.3, -0.25) is 19.9 Å². The molecule has 0 radical (unpaired) electrons. The number of pyridine rings is 1. The number of hydrogen-bond donors (Lipinski definition) is 2. The molecule has 1 aromatic carbocycles. The highest BCUT2D eigenvalue weighted by Gasteiger charge is 2.24. The van der Waals surface area contributed by atoms with Crippen LogP contribution < -0.4 is 15.4 Å². The van der Waals surface area contributed by atoms with Crippen molar-refractivity contribution in [2.45, 2.75) is 13.0 Å². The number of nitrogens with one attached hydrogen (secondary N) is 2. The monoisotopic (exact) mass is 366 g/mol. The topological polar surface area (TPSA) is 93.2 Å². The standard InChI is InChI=1S/C18H14N4O3S/c1-10-16(23)20-13-7-11(4-5-15(13)25-10)14-9-26-18(21-14)22-17(24)12-3-2-6-19-8-12/h2-10H,1H3,(H,20,23)(H,21,22,24). The first-order chi connectivity index (χ1) is 12.6. The Morgan fingerprint density at radius 1 is 1.35 bits per heavy atom. The minimum atomic E-state index is -0.512. The number of ether oxygens (including phenoxy) is 1. The second kappa shape index (κ2) is 6.57. The van der Waals surface area contributed by atoms with Gasteiger partial charge in [0.05, 0.1) is 16.9 Å². The molecule has 1 aliphatic heterocycles. The number of rotatable bonds is 3. The molecule has 130 valence electrons. The van der Waals surface area contributed by atoms with Crippen molar-refractivity contribution in [3.63, 3.8) is 0 Å². The van der Waals surface area contributed by atoms with E-state index in [9.17, 15) is 9.59 Å². The maximum absolute atomic E-state index is 12.2. The van der Waals surface area contributed by atoms with E-state index in [4.69, 9.17) is 4.74 Å². The molecule has 4 rings (SSSR count). The number of aromatic nitrogens is 2. The van der Waals surface area contributed by atoms with E-state index in [1.165, 1.54) is 17.5 Å². The maximum atomic E-state index is 12.2. The van der Waals surface area contributed by atoms with Gasteiger partial charge >= 0.3 is 0 Å². The average Bonchev–Trinajstić information content (AvgIpc) is 3.11. The Labute approximate surface area is 153 Å². The number of hydrogen-bond acceptors (Lipinski definition) is 6. The highest BCUT2D eigenvalue weighted by atomic mass is 32.1. The predicted octanol–water partition coefficient (Wildman–Crippen LogP) is 3.18. The lowest BCUT2D eigenvalue weighted by atomic mass is 10.1. The Morgan fingerprint density at radius 3 is 3.04 bits per heavy atom. The summed E-state index contributed by atoms with van der Waals surface area (Å²) in [5, 5.41) is 7.90. The fraction of sp³-hybridized carbons (Fsp3) is 0.111. The van der Waals surface area contributed by atoms with Gasteiger partial charge in [0.25, 0.3) is 11.8 Å². The summed E-state index contributed by atoms with van der Waals surface area (Å²) in [7, 11) is 0. The van der Waals surface area contributed by atoms with Crippen LogP contribution >= 0.6 is 11.3 Å². The van der Waals surface area contributed by atoms with Crippen molar-refractivity contribution >= 4 is 34.0 Å². The average molecular weight is 366 g/mol. The third kappa shape index (κ3) is 3.14. The molecule has 1 atom stereocenters. The van der Waals surface area contributed by atoms with Gasteiger partial charge in [0.15, 0.2) is 11.2 Å². The van der Waals surface area contributed by atoms with Crippen molar-refractivity contribution in [2.75, 3.05) is 10.6 Å². The Kier molecular flexibility index (Phi) is 4.10. The van der Waals surface area contributed by atoms with Crippen molar-refractivity contribution in [1.82, 2.24) is 9.97 Å². The summed E-state index contributed by atoms with van der Waals surface area (Å²) in [6, 6.07) is 8.86. The Bertz CT molecular complexity index is 987. The van der Waals surface area contributed by atoms with Crippen LogP contribution in [0.25, 0.3) is 11.3 Å². The SMILES string of the molecule is CC1Oc2ccc(-c3csc(NC(=O)c4cccnc4)n3)cc2NC1=O. The number of anilines is 2. The largest absolute Gasteiger partial charge is 0.479 e. The summed E-state index contributed by atoms with van der Waals surface area (Å²) in [5.41, 5.74) is 2.60. The minimum absolute atomic E-state index is 0.183. The number of carbonyl (C=O) groups excluding carboxylic acids is 2. The normalized spacial score (nSPS) is 15.6. The molecular formula is C18H14N4O3S. The summed E-state index contributed by atoms with van der Waals surface area (Å²) in [5.74, 6) is 0.178. The molecule has 2 N–H and O–H groups in total. The molecule has 3 aromatic rings. The van der Waals surface area contributed by atoms with E-state index in [1.54, 1.807) is 37.4 Å². The van der Waals surface area contributed by atoms with Crippen LogP contribution in [0.4, 0.5) is 10.8 Å². The van der Waals surface area contributed by atoms with Crippen LogP contribution in [0.1, 0.15) is 17.3 Å². The van der Waals surface area contributed by atoms with Crippen LogP contribution in [0.5, 0.6) is 5.75 Å². The summed E-state index contributed by atoms with van der Waals surface area (Å²) in [6.07, 6.45) is 2.59. The third-order valence-electron chi connectivity index (χ3n) is 3.85. The first-order valence-electron chi connectivity index (χ1n) is 7.89. The maximum Gasteiger partial charge on any atom is 0.265 e. The number of carbonyl (C=O) groups is 2. The summed E-state index contributed by atoms with van der Waals surface area (Å²) < 4.78 is 5.55. The lowest BCUT2D eigenvalue weighted by Gasteiger charge is -2.23. The van der Waals surface area contributed by atoms with E-state index in [2.05, 4.69) is 20.6 Å². The molecule has 0 fully saturated rings. The smallest absolute Gasteiger partial charge is 0.265 e. The molecule has 1 aliphatic rings. The zero-order valence-electron chi connectivity index (χ0n) is 13.7. The van der Waals surface area contributed by atoms with E-state index >= 15 is 0 Å². The Balaban J connectivity index is 1.54. The molecule has 0 spiro atoms. The number of amides is 2. The highest BCUT2D eigenvalue weighted by Crippen LogP contribution is 2.34. The second-order valence-corrected chi connectivity index (χ2v) is 6.55. The minimum Gasteiger partial charge on any atom is -0.479 e. The van der Waals surface area contributed by atoms with E-state index in [0.717, 1.165) is 5.56 Å². The zero-order valence-corrected chi connectivity index (χ0v) is 14.5. The van der Waals surface area contributed by atoms with E-state index in [-0.39, 0.29) is 11.8 Å². The molecule has 26 heavy (non-hydrogen) atoms. The zero-order chi connectivity index (χ0) is 18.1. The summed E-state index contributed by atoms with van der Waals surface area (Å²) >= 11 is 1.32. The fourth-order valence-corrected chi connectivity index (χ4v) is 3.21. The molecule has 8 heteroatoms. The van der Waals surface area contributed by atoms with Gasteiger partial charge in [-0.25, -0.2) is 4.98 Å². The molecule has 7 nitrogen and oxygen atoms in total. The van der Waals surface area contributed by atoms with Gasteiger partial charge in [0, 0.05) is 23.3 Å². The van der Waals surface area contributed by atoms with Crippen molar-refractivity contribution in [1.29, 1.82) is 0 Å². The lowest BCUT2D eigenvalue weighted by molar-refractivity contribution is -0.122. The van der Waals surface area contributed by atoms with Crippen molar-refractivity contribution < 1.29 is 14.3 Å². The highest BCUT2D eigenvalue weighted by molar-refractivity contribution is 7.14. The molecule has 0 bridgehead atoms. The van der Waals surface area contributed by atoms with Crippen LogP contribution in [0.2, 0.25) is 0 Å². The molecular weight excluding hydrogens is 352 g/mol. The van der Waals surface area contributed by atoms with E-state index in [0.29, 0.717) is 27.8 Å². The van der Waals surface area contributed by atoms with Gasteiger partial charge in [-0.05, 0) is 37.3 Å². The molecule has 2 amide bonds. The van der Waals surface area contributed by atoms with Gasteiger partial charge in [-0.15, -0.1) is 11.3 Å². The van der Waals surface area contributed by atoms with Gasteiger partial charge in [-0.2, -0.15) is 0 Å². The van der Waals surface area contributed by atoms with Crippen molar-refractivity contribution in [3.8, 4) is 17.0 Å². The van der Waals surface area contributed by atoms with Crippen LogP contribution in [-0.4, -0.2) is 27.9 Å². The van der Waals surface area contributed by atoms with E-state index < -0.39 is 6.10 Å². The number of nitrogens with zero attached hydrogens (tertiary/aromatic N) is 2. The van der Waals surface area contributed by atoms with Gasteiger partial charge in [0.1, 0.15) is 5.75 Å². The lowest BCUT2D eigenvalue weighted by Crippen LogP contribution is -2.34. The summed E-state index contributed by atoms with van der Waals surface area (Å²) in [6.45, 7) is 1.70. The van der Waals surface area contributed by atoms with Crippen LogP contribution in [-0.2, 0) is 4.79 Å². The fourth-order valence-electron chi connectivity index (χ4n) is 2.50. The first kappa shape index (κ1) is 16.2. The Morgan fingerprint density at radius 2 is 2.23 bits per heavy atom. The van der Waals surface area contributed by atoms with E-state index in [1.807, 2.05) is 11.4 Å². The molecule has 0 aliphatic carbocycles. The van der Waals surface area contributed by atoms with Gasteiger partial charge < -0.3 is 10.1 Å². The first-order valence-corrected chi connectivity index (χ1v) is 8.77. The predicted molar refractivity (Wildman–Crippen MR) is 98.5 cm³/mol. The number of thiazole rings is 1. The van der Waals surface area contributed by atoms with Gasteiger partial charge in [0.2, 0.25) is 0 Å². The van der Waals surface area contributed by atoms with Crippen LogP contribution in [0.15, 0.2) is 48.1 Å². The van der Waals surface area contributed by atoms with Gasteiger partial charge in [-0.1, -0.05) is 0 Å². The molecule has 2 aromatic heterocycles. The van der Waals surface area contributed by atoms with Crippen molar-refractivity contribution in [3.05, 3.63) is 53.7 Å². The van der Waals surface area contributed by atoms with Crippen LogP contribution in [0.3, 0.4) is 0 Å². The second-order valence-electron chi connectivity index (χ2n) is 5.69. The molecule has 3 heterocycles. The number of fused-ring (bicyclic) bond motifs is 1. The summed E-state index contributed by atoms with van der Waals surface area (Å²) in [4.78, 5) is 32.3. The quantitative estimate of drug-likeness (QED) is 0.743.